The molecule has 24 heavy (non-hydrogen) atoms. The third kappa shape index (κ3) is 9.65. The Morgan fingerprint density at radius 3 is 2.00 bits per heavy atom. The van der Waals surface area contributed by atoms with Crippen LogP contribution in [0.15, 0.2) is 0 Å². The van der Waals surface area contributed by atoms with Crippen LogP contribution >= 0.6 is 0 Å². The Hall–Kier alpha value is -1.43. The lowest BCUT2D eigenvalue weighted by Gasteiger charge is -2.28. The van der Waals surface area contributed by atoms with Crippen LogP contribution in [0.25, 0.3) is 0 Å². The van der Waals surface area contributed by atoms with E-state index in [-0.39, 0.29) is 35.5 Å². The van der Waals surface area contributed by atoms with Crippen LogP contribution in [0.4, 0.5) is 4.79 Å². The van der Waals surface area contributed by atoms with Gasteiger partial charge >= 0.3 is 6.03 Å². The number of rotatable bonds is 9. The van der Waals surface area contributed by atoms with E-state index in [9.17, 15) is 14.4 Å². The van der Waals surface area contributed by atoms with Gasteiger partial charge in [-0.25, -0.2) is 4.79 Å². The number of nitrogens with two attached hydrogens (primary N) is 1. The Morgan fingerprint density at radius 2 is 1.58 bits per heavy atom. The van der Waals surface area contributed by atoms with E-state index in [2.05, 4.69) is 10.6 Å². The third-order valence-electron chi connectivity index (χ3n) is 3.72. The van der Waals surface area contributed by atoms with Crippen LogP contribution in [0.2, 0.25) is 0 Å². The molecule has 2 amide bonds. The van der Waals surface area contributed by atoms with E-state index in [0.29, 0.717) is 19.4 Å². The van der Waals surface area contributed by atoms with E-state index in [1.807, 2.05) is 48.5 Å². The summed E-state index contributed by atoms with van der Waals surface area (Å²) in [5.41, 5.74) is 4.38. The highest BCUT2D eigenvalue weighted by atomic mass is 16.2. The van der Waals surface area contributed by atoms with Crippen molar-refractivity contribution in [2.75, 3.05) is 6.54 Å². The molecule has 0 aliphatic carbocycles. The summed E-state index contributed by atoms with van der Waals surface area (Å²) in [5, 5.41) is 5.77. The molecule has 0 rings (SSSR count). The first-order valence-electron chi connectivity index (χ1n) is 8.62. The zero-order valence-electron chi connectivity index (χ0n) is 16.3. The molecule has 0 aliphatic heterocycles. The SMILES string of the molecule is CC(NC(C)(C)C)C(=O)C[C@@H](CCCNC(N)=O)C(=O)C(C)(C)C. The Morgan fingerprint density at radius 1 is 1.04 bits per heavy atom. The summed E-state index contributed by atoms with van der Waals surface area (Å²) in [5.74, 6) is -0.218. The van der Waals surface area contributed by atoms with Crippen molar-refractivity contribution in [3.8, 4) is 0 Å². The maximum atomic E-state index is 12.7. The molecule has 0 aliphatic rings. The van der Waals surface area contributed by atoms with Gasteiger partial charge < -0.3 is 16.4 Å². The molecule has 1 unspecified atom stereocenters. The molecule has 0 aromatic carbocycles. The maximum absolute atomic E-state index is 12.7. The van der Waals surface area contributed by atoms with Gasteiger partial charge in [-0.1, -0.05) is 20.8 Å². The smallest absolute Gasteiger partial charge is 0.312 e. The van der Waals surface area contributed by atoms with Gasteiger partial charge in [0, 0.05) is 29.8 Å². The molecule has 0 fully saturated rings. The first-order valence-corrected chi connectivity index (χ1v) is 8.62. The number of carbonyl (C=O) groups is 3. The second-order valence-corrected chi connectivity index (χ2v) is 8.53. The minimum atomic E-state index is -0.576. The molecule has 0 aromatic heterocycles. The third-order valence-corrected chi connectivity index (χ3v) is 3.72. The minimum absolute atomic E-state index is 0.0374. The minimum Gasteiger partial charge on any atom is -0.352 e. The van der Waals surface area contributed by atoms with Crippen molar-refractivity contribution in [2.24, 2.45) is 17.1 Å². The highest BCUT2D eigenvalue weighted by Crippen LogP contribution is 2.26. The topological polar surface area (TPSA) is 101 Å². The lowest BCUT2D eigenvalue weighted by molar-refractivity contribution is -0.134. The molecule has 0 heterocycles. The van der Waals surface area contributed by atoms with Crippen molar-refractivity contribution < 1.29 is 14.4 Å². The van der Waals surface area contributed by atoms with Gasteiger partial charge in [0.2, 0.25) is 0 Å². The van der Waals surface area contributed by atoms with Crippen molar-refractivity contribution >= 4 is 17.6 Å². The Kier molecular flexibility index (Phi) is 8.61. The van der Waals surface area contributed by atoms with E-state index in [0.717, 1.165) is 0 Å². The van der Waals surface area contributed by atoms with Crippen molar-refractivity contribution in [2.45, 2.75) is 79.3 Å². The number of nitrogens with one attached hydrogen (secondary N) is 2. The monoisotopic (exact) mass is 341 g/mol. The van der Waals surface area contributed by atoms with Crippen molar-refractivity contribution in [3.05, 3.63) is 0 Å². The molecule has 0 radical (unpaired) electrons. The Balaban J connectivity index is 4.84. The summed E-state index contributed by atoms with van der Waals surface area (Å²) in [6.07, 6.45) is 1.39. The zero-order chi connectivity index (χ0) is 19.1. The molecule has 4 N–H and O–H groups in total. The zero-order valence-corrected chi connectivity index (χ0v) is 16.3. The van der Waals surface area contributed by atoms with Crippen LogP contribution in [0, 0.1) is 11.3 Å². The molecule has 0 saturated carbocycles. The lowest BCUT2D eigenvalue weighted by Crippen LogP contribution is -2.47. The molecule has 0 saturated heterocycles. The highest BCUT2D eigenvalue weighted by molar-refractivity contribution is 5.92. The summed E-state index contributed by atoms with van der Waals surface area (Å²) < 4.78 is 0. The van der Waals surface area contributed by atoms with Gasteiger partial charge in [0.05, 0.1) is 6.04 Å². The van der Waals surface area contributed by atoms with Crippen LogP contribution in [0.5, 0.6) is 0 Å². The maximum Gasteiger partial charge on any atom is 0.312 e. The van der Waals surface area contributed by atoms with Gasteiger partial charge in [0.1, 0.15) is 11.6 Å². The fourth-order valence-electron chi connectivity index (χ4n) is 2.65. The van der Waals surface area contributed by atoms with Crippen LogP contribution in [0.3, 0.4) is 0 Å². The lowest BCUT2D eigenvalue weighted by atomic mass is 9.78. The number of hydrogen-bond acceptors (Lipinski definition) is 4. The number of carbonyl (C=O) groups excluding carboxylic acids is 3. The molecule has 0 bridgehead atoms. The van der Waals surface area contributed by atoms with Crippen LogP contribution in [-0.2, 0) is 9.59 Å². The highest BCUT2D eigenvalue weighted by Gasteiger charge is 2.32. The molecular formula is C18H35N3O3. The van der Waals surface area contributed by atoms with E-state index in [1.165, 1.54) is 0 Å². The number of Topliss-reactive ketones (excluding diaryl/α,β-unsaturated/α-hetero) is 2. The van der Waals surface area contributed by atoms with Gasteiger partial charge in [-0.3, -0.25) is 9.59 Å². The van der Waals surface area contributed by atoms with Crippen molar-refractivity contribution in [1.82, 2.24) is 10.6 Å². The molecule has 6 heteroatoms. The van der Waals surface area contributed by atoms with Crippen LogP contribution < -0.4 is 16.4 Å². The van der Waals surface area contributed by atoms with Crippen LogP contribution in [-0.4, -0.2) is 35.7 Å². The second-order valence-electron chi connectivity index (χ2n) is 8.53. The van der Waals surface area contributed by atoms with E-state index >= 15 is 0 Å². The van der Waals surface area contributed by atoms with Crippen molar-refractivity contribution in [3.63, 3.8) is 0 Å². The molecule has 0 aromatic rings. The largest absolute Gasteiger partial charge is 0.352 e. The van der Waals surface area contributed by atoms with Crippen molar-refractivity contribution in [1.29, 1.82) is 0 Å². The normalized spacial score (nSPS) is 14.8. The number of urea groups is 1. The van der Waals surface area contributed by atoms with Gasteiger partial charge in [0.15, 0.2) is 0 Å². The summed E-state index contributed by atoms with van der Waals surface area (Å²) in [6.45, 7) is 13.9. The van der Waals surface area contributed by atoms with Gasteiger partial charge in [0.25, 0.3) is 0 Å². The Labute approximate surface area is 146 Å². The fraction of sp³-hybridized carbons (Fsp3) is 0.833. The predicted octanol–water partition coefficient (Wildman–Crippen LogP) is 2.40. The first kappa shape index (κ1) is 22.6. The van der Waals surface area contributed by atoms with Gasteiger partial charge in [-0.2, -0.15) is 0 Å². The summed E-state index contributed by atoms with van der Waals surface area (Å²) in [6, 6.07) is -0.878. The van der Waals surface area contributed by atoms with E-state index < -0.39 is 11.4 Å². The second kappa shape index (κ2) is 9.16. The average Bonchev–Trinajstić information content (AvgIpc) is 2.37. The average molecular weight is 341 g/mol. The number of primary amides is 1. The molecular weight excluding hydrogens is 306 g/mol. The Bertz CT molecular complexity index is 447. The summed E-state index contributed by atoms with van der Waals surface area (Å²) >= 11 is 0. The fourth-order valence-corrected chi connectivity index (χ4v) is 2.65. The van der Waals surface area contributed by atoms with Gasteiger partial charge in [-0.15, -0.1) is 0 Å². The van der Waals surface area contributed by atoms with E-state index in [1.54, 1.807) is 0 Å². The first-order chi connectivity index (χ1) is 10.7. The molecule has 6 nitrogen and oxygen atoms in total. The quantitative estimate of drug-likeness (QED) is 0.560. The van der Waals surface area contributed by atoms with Gasteiger partial charge in [-0.05, 0) is 40.5 Å². The number of amides is 2. The van der Waals surface area contributed by atoms with Crippen LogP contribution in [0.1, 0.15) is 67.7 Å². The summed E-state index contributed by atoms with van der Waals surface area (Å²) in [4.78, 5) is 35.9. The number of hydrogen-bond donors (Lipinski definition) is 3. The molecule has 2 atom stereocenters. The van der Waals surface area contributed by atoms with E-state index in [4.69, 9.17) is 5.73 Å². The molecule has 140 valence electrons. The predicted molar refractivity (Wildman–Crippen MR) is 96.7 cm³/mol. The number of ketones is 2. The molecule has 0 spiro atoms. The summed E-state index contributed by atoms with van der Waals surface area (Å²) in [7, 11) is 0. The standard InChI is InChI=1S/C18H35N3O3/c1-12(21-18(5,6)7)14(22)11-13(15(23)17(2,3)4)9-8-10-20-16(19)24/h12-13,21H,8-11H2,1-7H3,(H3,19,20,24)/t12?,13-/m1/s1.